The van der Waals surface area contributed by atoms with Crippen LogP contribution in [0.3, 0.4) is 0 Å². The maximum Gasteiger partial charge on any atom is 0.329 e. The van der Waals surface area contributed by atoms with Crippen LogP contribution in [0.5, 0.6) is 0 Å². The minimum absolute atomic E-state index is 0.0625. The fraction of sp³-hybridized carbons (Fsp3) is 0.222. The van der Waals surface area contributed by atoms with Crippen LogP contribution in [0.2, 0.25) is 0 Å². The first-order valence-corrected chi connectivity index (χ1v) is 9.21. The maximum atomic E-state index is 12.3. The molecule has 1 amide bonds. The Bertz CT molecular complexity index is 1110. The third-order valence-corrected chi connectivity index (χ3v) is 4.94. The number of rotatable bonds is 5. The molecule has 1 aromatic carbocycles. The highest BCUT2D eigenvalue weighted by Gasteiger charge is 2.17. The number of para-hydroxylation sites is 1. The number of aromatic nitrogens is 3. The lowest BCUT2D eigenvalue weighted by Gasteiger charge is -2.09. The summed E-state index contributed by atoms with van der Waals surface area (Å²) in [4.78, 5) is 42.8. The number of hydrogen-bond acceptors (Lipinski definition) is 6. The smallest absolute Gasteiger partial charge is 0.329 e. The third kappa shape index (κ3) is 3.82. The van der Waals surface area contributed by atoms with Gasteiger partial charge in [0, 0.05) is 17.6 Å². The SMILES string of the molecule is CCn1c(N)c(-c2csc(CC(=O)Nc3ccccc3C)n2)c(=O)[nH]c1=O. The Morgan fingerprint density at radius 3 is 2.78 bits per heavy atom. The molecule has 0 aliphatic heterocycles. The van der Waals surface area contributed by atoms with Gasteiger partial charge in [0.05, 0.1) is 12.1 Å². The van der Waals surface area contributed by atoms with Crippen LogP contribution >= 0.6 is 11.3 Å². The predicted octanol–water partition coefficient (Wildman–Crippen LogP) is 1.75. The Morgan fingerprint density at radius 2 is 2.07 bits per heavy atom. The molecular formula is C18H19N5O3S. The molecule has 3 rings (SSSR count). The molecule has 0 spiro atoms. The van der Waals surface area contributed by atoms with Crippen LogP contribution in [0.25, 0.3) is 11.3 Å². The average Bonchev–Trinajstić information content (AvgIpc) is 3.04. The molecule has 0 aliphatic rings. The number of nitrogens with two attached hydrogens (primary N) is 1. The van der Waals surface area contributed by atoms with Crippen molar-refractivity contribution in [2.45, 2.75) is 26.8 Å². The van der Waals surface area contributed by atoms with Gasteiger partial charge in [0.2, 0.25) is 5.91 Å². The monoisotopic (exact) mass is 385 g/mol. The summed E-state index contributed by atoms with van der Waals surface area (Å²) in [6, 6.07) is 7.49. The fourth-order valence-electron chi connectivity index (χ4n) is 2.70. The quantitative estimate of drug-likeness (QED) is 0.617. The first-order chi connectivity index (χ1) is 12.9. The standard InChI is InChI=1S/C18H19N5O3S/c1-3-23-16(19)15(17(25)22-18(23)26)12-9-27-14(21-12)8-13(24)20-11-7-5-4-6-10(11)2/h4-7,9H,3,8,19H2,1-2H3,(H,20,24)(H,22,25,26). The van der Waals surface area contributed by atoms with E-state index in [2.05, 4.69) is 15.3 Å². The summed E-state index contributed by atoms with van der Waals surface area (Å²) in [7, 11) is 0. The van der Waals surface area contributed by atoms with Crippen LogP contribution in [0.1, 0.15) is 17.5 Å². The number of anilines is 2. The van der Waals surface area contributed by atoms with Gasteiger partial charge in [-0.3, -0.25) is 19.1 Å². The van der Waals surface area contributed by atoms with E-state index in [4.69, 9.17) is 5.73 Å². The largest absolute Gasteiger partial charge is 0.384 e. The number of aryl methyl sites for hydroxylation is 1. The molecule has 0 unspecified atom stereocenters. The lowest BCUT2D eigenvalue weighted by atomic mass is 10.2. The van der Waals surface area contributed by atoms with Gasteiger partial charge in [-0.1, -0.05) is 18.2 Å². The number of carbonyl (C=O) groups is 1. The van der Waals surface area contributed by atoms with Gasteiger partial charge in [0.15, 0.2) is 0 Å². The molecule has 0 saturated carbocycles. The summed E-state index contributed by atoms with van der Waals surface area (Å²) in [6.07, 6.45) is 0.0736. The Balaban J connectivity index is 1.84. The minimum Gasteiger partial charge on any atom is -0.384 e. The molecule has 0 fully saturated rings. The number of nitrogen functional groups attached to an aromatic ring is 1. The normalized spacial score (nSPS) is 10.7. The van der Waals surface area contributed by atoms with Gasteiger partial charge in [0.25, 0.3) is 5.56 Å². The van der Waals surface area contributed by atoms with Crippen LogP contribution in [-0.2, 0) is 17.8 Å². The predicted molar refractivity (Wildman–Crippen MR) is 106 cm³/mol. The van der Waals surface area contributed by atoms with E-state index in [1.54, 1.807) is 12.3 Å². The molecular weight excluding hydrogens is 366 g/mol. The van der Waals surface area contributed by atoms with Crippen LogP contribution in [-0.4, -0.2) is 20.4 Å². The van der Waals surface area contributed by atoms with E-state index in [1.807, 2.05) is 31.2 Å². The van der Waals surface area contributed by atoms with Crippen molar-refractivity contribution in [2.75, 3.05) is 11.1 Å². The number of carbonyl (C=O) groups excluding carboxylic acids is 1. The van der Waals surface area contributed by atoms with Crippen molar-refractivity contribution in [1.82, 2.24) is 14.5 Å². The maximum absolute atomic E-state index is 12.3. The number of thiazole rings is 1. The van der Waals surface area contributed by atoms with Crippen molar-refractivity contribution in [3.63, 3.8) is 0 Å². The van der Waals surface area contributed by atoms with E-state index in [0.717, 1.165) is 11.3 Å². The summed E-state index contributed by atoms with van der Waals surface area (Å²) in [5.74, 6) is -0.141. The molecule has 0 radical (unpaired) electrons. The van der Waals surface area contributed by atoms with Gasteiger partial charge in [-0.15, -0.1) is 11.3 Å². The van der Waals surface area contributed by atoms with Crippen LogP contribution < -0.4 is 22.3 Å². The second kappa shape index (κ2) is 7.58. The second-order valence-electron chi connectivity index (χ2n) is 5.93. The number of benzene rings is 1. The summed E-state index contributed by atoms with van der Waals surface area (Å²) < 4.78 is 1.26. The zero-order valence-corrected chi connectivity index (χ0v) is 15.7. The van der Waals surface area contributed by atoms with Gasteiger partial charge in [-0.05, 0) is 25.5 Å². The Morgan fingerprint density at radius 1 is 1.33 bits per heavy atom. The van der Waals surface area contributed by atoms with Gasteiger partial charge >= 0.3 is 5.69 Å². The van der Waals surface area contributed by atoms with Gasteiger partial charge in [0.1, 0.15) is 16.4 Å². The molecule has 2 heterocycles. The zero-order chi connectivity index (χ0) is 19.6. The molecule has 9 heteroatoms. The van der Waals surface area contributed by atoms with Crippen LogP contribution in [0, 0.1) is 6.92 Å². The summed E-state index contributed by atoms with van der Waals surface area (Å²) in [6.45, 7) is 3.99. The minimum atomic E-state index is -0.594. The van der Waals surface area contributed by atoms with E-state index < -0.39 is 11.2 Å². The molecule has 140 valence electrons. The van der Waals surface area contributed by atoms with Crippen molar-refractivity contribution in [3.8, 4) is 11.3 Å². The lowest BCUT2D eigenvalue weighted by molar-refractivity contribution is -0.115. The molecule has 3 aromatic rings. The fourth-order valence-corrected chi connectivity index (χ4v) is 3.48. The van der Waals surface area contributed by atoms with Gasteiger partial charge in [-0.25, -0.2) is 9.78 Å². The molecule has 0 bridgehead atoms. The molecule has 0 saturated heterocycles. The lowest BCUT2D eigenvalue weighted by Crippen LogP contribution is -2.33. The summed E-state index contributed by atoms with van der Waals surface area (Å²) in [5.41, 5.74) is 7.03. The van der Waals surface area contributed by atoms with Gasteiger partial charge in [-0.2, -0.15) is 0 Å². The molecule has 27 heavy (non-hydrogen) atoms. The summed E-state index contributed by atoms with van der Waals surface area (Å²) in [5, 5.41) is 5.05. The zero-order valence-electron chi connectivity index (χ0n) is 14.9. The third-order valence-electron chi connectivity index (χ3n) is 4.09. The molecule has 2 aromatic heterocycles. The van der Waals surface area contributed by atoms with Crippen molar-refractivity contribution in [1.29, 1.82) is 0 Å². The Labute approximate surface area is 158 Å². The van der Waals surface area contributed by atoms with Gasteiger partial charge < -0.3 is 11.1 Å². The van der Waals surface area contributed by atoms with Crippen molar-refractivity contribution in [3.05, 3.63) is 61.1 Å². The second-order valence-corrected chi connectivity index (χ2v) is 6.87. The number of aromatic amines is 1. The highest BCUT2D eigenvalue weighted by Crippen LogP contribution is 2.23. The summed E-state index contributed by atoms with van der Waals surface area (Å²) >= 11 is 1.25. The van der Waals surface area contributed by atoms with Crippen molar-refractivity contribution in [2.24, 2.45) is 0 Å². The number of hydrogen-bond donors (Lipinski definition) is 3. The number of amides is 1. The number of nitrogens with one attached hydrogen (secondary N) is 2. The average molecular weight is 385 g/mol. The van der Waals surface area contributed by atoms with Crippen LogP contribution in [0.15, 0.2) is 39.2 Å². The first kappa shape index (κ1) is 18.6. The first-order valence-electron chi connectivity index (χ1n) is 8.33. The highest BCUT2D eigenvalue weighted by atomic mass is 32.1. The molecule has 0 atom stereocenters. The topological polar surface area (TPSA) is 123 Å². The Hall–Kier alpha value is -3.20. The van der Waals surface area contributed by atoms with E-state index >= 15 is 0 Å². The number of H-pyrrole nitrogens is 1. The van der Waals surface area contributed by atoms with Crippen molar-refractivity contribution < 1.29 is 4.79 Å². The Kier molecular flexibility index (Phi) is 5.22. The molecule has 4 N–H and O–H groups in total. The van der Waals surface area contributed by atoms with E-state index in [9.17, 15) is 14.4 Å². The van der Waals surface area contributed by atoms with Crippen LogP contribution in [0.4, 0.5) is 11.5 Å². The van der Waals surface area contributed by atoms with E-state index in [0.29, 0.717) is 17.2 Å². The molecule has 8 nitrogen and oxygen atoms in total. The van der Waals surface area contributed by atoms with Crippen molar-refractivity contribution >= 4 is 28.7 Å². The highest BCUT2D eigenvalue weighted by molar-refractivity contribution is 7.10. The van der Waals surface area contributed by atoms with E-state index in [1.165, 1.54) is 15.9 Å². The number of nitrogens with zero attached hydrogens (tertiary/aromatic N) is 2. The van der Waals surface area contributed by atoms with E-state index in [-0.39, 0.29) is 23.7 Å². The molecule has 0 aliphatic carbocycles.